The van der Waals surface area contributed by atoms with Gasteiger partial charge in [-0.15, -0.1) is 0 Å². The maximum Gasteiger partial charge on any atom is 0.351 e. The van der Waals surface area contributed by atoms with Gasteiger partial charge >= 0.3 is 5.97 Å². The van der Waals surface area contributed by atoms with Crippen LogP contribution in [0.2, 0.25) is 0 Å². The van der Waals surface area contributed by atoms with Gasteiger partial charge in [0.15, 0.2) is 4.91 Å². The molecule has 0 saturated heterocycles. The first-order valence-corrected chi connectivity index (χ1v) is 8.12. The highest BCUT2D eigenvalue weighted by molar-refractivity contribution is 7.96. The van der Waals surface area contributed by atoms with Crippen LogP contribution in [0, 0.1) is 5.82 Å². The number of fused-ring (bicyclic) bond motifs is 1. The van der Waals surface area contributed by atoms with E-state index in [1.165, 1.54) is 23.2 Å². The summed E-state index contributed by atoms with van der Waals surface area (Å²) in [6, 6.07) is 12.3. The first kappa shape index (κ1) is 15.2. The standard InChI is InChI=1S/C16H12FNO4S/c1-22-16(19)15-10-18(12-5-3-2-4-6-12)13-8-7-11(17)9-14(13)23(15,20)21/h2-10H,1H3. The van der Waals surface area contributed by atoms with E-state index < -0.39 is 26.5 Å². The first-order valence-electron chi connectivity index (χ1n) is 6.64. The average Bonchev–Trinajstić information content (AvgIpc) is 2.55. The van der Waals surface area contributed by atoms with Gasteiger partial charge in [-0.3, -0.25) is 0 Å². The van der Waals surface area contributed by atoms with E-state index in [0.717, 1.165) is 13.2 Å². The van der Waals surface area contributed by atoms with Crippen molar-refractivity contribution >= 4 is 27.2 Å². The largest absolute Gasteiger partial charge is 0.465 e. The van der Waals surface area contributed by atoms with Crippen molar-refractivity contribution in [2.45, 2.75) is 4.90 Å². The first-order chi connectivity index (χ1) is 10.9. The molecule has 0 saturated carbocycles. The molecule has 0 bridgehead atoms. The summed E-state index contributed by atoms with van der Waals surface area (Å²) in [5.74, 6) is -1.70. The lowest BCUT2D eigenvalue weighted by molar-refractivity contribution is -0.135. The van der Waals surface area contributed by atoms with Crippen molar-refractivity contribution in [2.75, 3.05) is 12.0 Å². The molecule has 3 rings (SSSR count). The number of sulfone groups is 1. The zero-order chi connectivity index (χ0) is 16.6. The summed E-state index contributed by atoms with van der Waals surface area (Å²) in [7, 11) is -3.06. The van der Waals surface area contributed by atoms with Gasteiger partial charge in [0.1, 0.15) is 5.82 Å². The maximum absolute atomic E-state index is 13.6. The molecule has 23 heavy (non-hydrogen) atoms. The molecule has 5 nitrogen and oxygen atoms in total. The third-order valence-corrected chi connectivity index (χ3v) is 5.18. The molecule has 0 aliphatic carbocycles. The smallest absolute Gasteiger partial charge is 0.351 e. The molecule has 0 N–H and O–H groups in total. The van der Waals surface area contributed by atoms with Crippen molar-refractivity contribution < 1.29 is 22.3 Å². The predicted octanol–water partition coefficient (Wildman–Crippen LogP) is 2.77. The lowest BCUT2D eigenvalue weighted by Gasteiger charge is -2.28. The lowest BCUT2D eigenvalue weighted by atomic mass is 10.2. The maximum atomic E-state index is 13.6. The van der Waals surface area contributed by atoms with Crippen LogP contribution in [0.25, 0.3) is 0 Å². The van der Waals surface area contributed by atoms with Crippen LogP contribution in [0.4, 0.5) is 15.8 Å². The number of rotatable bonds is 2. The Morgan fingerprint density at radius 2 is 1.83 bits per heavy atom. The summed E-state index contributed by atoms with van der Waals surface area (Å²) in [5, 5.41) is 0. The molecule has 0 aromatic heterocycles. The Morgan fingerprint density at radius 1 is 1.13 bits per heavy atom. The van der Waals surface area contributed by atoms with Gasteiger partial charge in [-0.05, 0) is 30.3 Å². The molecule has 1 aliphatic rings. The number of hydrogen-bond acceptors (Lipinski definition) is 5. The predicted molar refractivity (Wildman–Crippen MR) is 82.3 cm³/mol. The van der Waals surface area contributed by atoms with Crippen LogP contribution in [-0.2, 0) is 19.4 Å². The molecule has 1 heterocycles. The van der Waals surface area contributed by atoms with Crippen LogP contribution < -0.4 is 4.90 Å². The highest BCUT2D eigenvalue weighted by atomic mass is 32.2. The molecule has 2 aromatic rings. The topological polar surface area (TPSA) is 63.7 Å². The van der Waals surface area contributed by atoms with E-state index in [0.29, 0.717) is 5.69 Å². The minimum Gasteiger partial charge on any atom is -0.465 e. The highest BCUT2D eigenvalue weighted by Crippen LogP contribution is 2.39. The van der Waals surface area contributed by atoms with E-state index in [4.69, 9.17) is 0 Å². The van der Waals surface area contributed by atoms with Crippen molar-refractivity contribution in [3.05, 3.63) is 65.5 Å². The van der Waals surface area contributed by atoms with Gasteiger partial charge in [-0.1, -0.05) is 18.2 Å². The van der Waals surface area contributed by atoms with E-state index in [2.05, 4.69) is 4.74 Å². The number of anilines is 2. The van der Waals surface area contributed by atoms with E-state index in [-0.39, 0.29) is 10.6 Å². The third kappa shape index (κ3) is 2.49. The Kier molecular flexibility index (Phi) is 3.65. The fourth-order valence-electron chi connectivity index (χ4n) is 2.34. The minimum absolute atomic E-state index is 0.269. The number of hydrogen-bond donors (Lipinski definition) is 0. The van der Waals surface area contributed by atoms with Gasteiger partial charge < -0.3 is 9.64 Å². The summed E-state index contributed by atoms with van der Waals surface area (Å²) in [6.45, 7) is 0. The Morgan fingerprint density at radius 3 is 2.48 bits per heavy atom. The molecule has 1 aliphatic heterocycles. The number of ether oxygens (including phenoxy) is 1. The molecule has 0 amide bonds. The molecule has 2 aromatic carbocycles. The minimum atomic E-state index is -4.15. The van der Waals surface area contributed by atoms with Gasteiger partial charge in [-0.2, -0.15) is 0 Å². The Hall–Kier alpha value is -2.67. The van der Waals surface area contributed by atoms with Crippen LogP contribution in [0.1, 0.15) is 0 Å². The Balaban J connectivity index is 2.30. The molecule has 0 unspecified atom stereocenters. The molecular weight excluding hydrogens is 321 g/mol. The monoisotopic (exact) mass is 333 g/mol. The van der Waals surface area contributed by atoms with Crippen molar-refractivity contribution in [3.8, 4) is 0 Å². The van der Waals surface area contributed by atoms with E-state index in [1.54, 1.807) is 30.3 Å². The molecule has 0 atom stereocenters. The van der Waals surface area contributed by atoms with Crippen molar-refractivity contribution in [3.63, 3.8) is 0 Å². The number of para-hydroxylation sites is 1. The van der Waals surface area contributed by atoms with Gasteiger partial charge in [-0.25, -0.2) is 17.6 Å². The summed E-state index contributed by atoms with van der Waals surface area (Å²) in [6.07, 6.45) is 1.19. The molecule has 7 heteroatoms. The number of carbonyl (C=O) groups is 1. The fraction of sp³-hybridized carbons (Fsp3) is 0.0625. The second-order valence-electron chi connectivity index (χ2n) is 4.81. The zero-order valence-electron chi connectivity index (χ0n) is 12.1. The number of carbonyl (C=O) groups excluding carboxylic acids is 1. The van der Waals surface area contributed by atoms with E-state index >= 15 is 0 Å². The van der Waals surface area contributed by atoms with Crippen molar-refractivity contribution in [1.29, 1.82) is 0 Å². The normalized spacial score (nSPS) is 15.6. The van der Waals surface area contributed by atoms with Crippen LogP contribution in [0.5, 0.6) is 0 Å². The number of methoxy groups -OCH3 is 1. The second kappa shape index (κ2) is 5.51. The summed E-state index contributed by atoms with van der Waals surface area (Å²) >= 11 is 0. The van der Waals surface area contributed by atoms with E-state index in [1.807, 2.05) is 0 Å². The van der Waals surface area contributed by atoms with E-state index in [9.17, 15) is 17.6 Å². The quantitative estimate of drug-likeness (QED) is 0.791. The molecule has 0 radical (unpaired) electrons. The molecular formula is C16H12FNO4S. The number of nitrogens with zero attached hydrogens (tertiary/aromatic N) is 1. The number of esters is 1. The molecule has 118 valence electrons. The summed E-state index contributed by atoms with van der Waals surface area (Å²) in [5.41, 5.74) is 0.905. The van der Waals surface area contributed by atoms with Crippen molar-refractivity contribution in [1.82, 2.24) is 0 Å². The number of halogens is 1. The van der Waals surface area contributed by atoms with Crippen LogP contribution >= 0.6 is 0 Å². The SMILES string of the molecule is COC(=O)C1=CN(c2ccccc2)c2ccc(F)cc2S1(=O)=O. The van der Waals surface area contributed by atoms with Gasteiger partial charge in [0.25, 0.3) is 0 Å². The van der Waals surface area contributed by atoms with Gasteiger partial charge in [0.2, 0.25) is 9.84 Å². The second-order valence-corrected chi connectivity index (χ2v) is 6.69. The third-order valence-electron chi connectivity index (χ3n) is 3.43. The van der Waals surface area contributed by atoms with Crippen LogP contribution in [-0.4, -0.2) is 21.5 Å². The van der Waals surface area contributed by atoms with Crippen LogP contribution in [0.3, 0.4) is 0 Å². The summed E-state index contributed by atoms with van der Waals surface area (Å²) in [4.78, 5) is 12.6. The Bertz CT molecular complexity index is 907. The zero-order valence-corrected chi connectivity index (χ0v) is 12.9. The van der Waals surface area contributed by atoms with Gasteiger partial charge in [0, 0.05) is 11.9 Å². The van der Waals surface area contributed by atoms with Crippen LogP contribution in [0.15, 0.2) is 64.5 Å². The average molecular weight is 333 g/mol. The number of benzene rings is 2. The fourth-order valence-corrected chi connectivity index (χ4v) is 3.84. The van der Waals surface area contributed by atoms with Crippen molar-refractivity contribution in [2.24, 2.45) is 0 Å². The molecule has 0 spiro atoms. The summed E-state index contributed by atoms with van der Waals surface area (Å²) < 4.78 is 43.2. The van der Waals surface area contributed by atoms with Gasteiger partial charge in [0.05, 0.1) is 17.7 Å². The molecule has 0 fully saturated rings. The lowest BCUT2D eigenvalue weighted by Crippen LogP contribution is -2.26. The highest BCUT2D eigenvalue weighted by Gasteiger charge is 2.36. The Labute approximate surface area is 132 Å².